The first-order valence-electron chi connectivity index (χ1n) is 9.99. The summed E-state index contributed by atoms with van der Waals surface area (Å²) in [6, 6.07) is 6.07. The number of aromatic nitrogens is 4. The largest absolute Gasteiger partial charge is 0.288 e. The number of nitrogens with one attached hydrogen (secondary N) is 1. The molecule has 2 aromatic carbocycles. The van der Waals surface area contributed by atoms with Gasteiger partial charge in [-0.25, -0.2) is 27.2 Å². The van der Waals surface area contributed by atoms with Gasteiger partial charge in [0.2, 0.25) is 10.0 Å². The Bertz CT molecular complexity index is 1480. The van der Waals surface area contributed by atoms with Crippen LogP contribution < -0.4 is 4.72 Å². The van der Waals surface area contributed by atoms with Crippen molar-refractivity contribution in [1.82, 2.24) is 19.5 Å². The first kappa shape index (κ1) is 22.5. The molecule has 170 valence electrons. The molecule has 11 heteroatoms. The molecule has 0 aliphatic carbocycles. The number of hydrogen-bond acceptors (Lipinski definition) is 6. The van der Waals surface area contributed by atoms with Crippen LogP contribution in [0.5, 0.6) is 0 Å². The summed E-state index contributed by atoms with van der Waals surface area (Å²) < 4.78 is 56.6. The monoisotopic (exact) mass is 471 g/mol. The van der Waals surface area contributed by atoms with E-state index >= 15 is 0 Å². The molecule has 0 atom stereocenters. The zero-order valence-electron chi connectivity index (χ0n) is 17.7. The van der Waals surface area contributed by atoms with Gasteiger partial charge in [0, 0.05) is 23.5 Å². The van der Waals surface area contributed by atoms with Gasteiger partial charge < -0.3 is 0 Å². The maximum absolute atomic E-state index is 14.5. The van der Waals surface area contributed by atoms with Crippen molar-refractivity contribution in [3.05, 3.63) is 77.5 Å². The SMILES string of the molecule is CCCS(=O)(=O)Nc1cc(F)c(F)c(C(=O)c2ccc3ncc(-n4cncc4C)nc3c2)c1. The van der Waals surface area contributed by atoms with E-state index in [2.05, 4.69) is 19.7 Å². The predicted octanol–water partition coefficient (Wildman–Crippen LogP) is 3.78. The van der Waals surface area contributed by atoms with Crippen molar-refractivity contribution in [2.45, 2.75) is 20.3 Å². The maximum Gasteiger partial charge on any atom is 0.232 e. The second-order valence-electron chi connectivity index (χ2n) is 7.41. The van der Waals surface area contributed by atoms with E-state index in [9.17, 15) is 22.0 Å². The number of imidazole rings is 1. The number of carbonyl (C=O) groups is 1. The first-order valence-corrected chi connectivity index (χ1v) is 11.6. The minimum atomic E-state index is -3.76. The molecule has 33 heavy (non-hydrogen) atoms. The van der Waals surface area contributed by atoms with Gasteiger partial charge in [0.1, 0.15) is 6.33 Å². The average molecular weight is 471 g/mol. The number of ketones is 1. The number of rotatable bonds is 7. The van der Waals surface area contributed by atoms with Crippen molar-refractivity contribution in [3.8, 4) is 5.82 Å². The third-order valence-corrected chi connectivity index (χ3v) is 6.37. The van der Waals surface area contributed by atoms with E-state index < -0.39 is 33.0 Å². The summed E-state index contributed by atoms with van der Waals surface area (Å²) in [6.45, 7) is 3.51. The molecule has 8 nitrogen and oxygen atoms in total. The Balaban J connectivity index is 1.74. The molecule has 0 saturated carbocycles. The molecule has 2 aromatic heterocycles. The Morgan fingerprint density at radius 1 is 1.12 bits per heavy atom. The highest BCUT2D eigenvalue weighted by Crippen LogP contribution is 2.24. The third-order valence-electron chi connectivity index (χ3n) is 4.88. The summed E-state index contributed by atoms with van der Waals surface area (Å²) in [5.74, 6) is -3.25. The van der Waals surface area contributed by atoms with Crippen molar-refractivity contribution in [1.29, 1.82) is 0 Å². The van der Waals surface area contributed by atoms with Gasteiger partial charge in [0.15, 0.2) is 23.2 Å². The molecule has 1 N–H and O–H groups in total. The molecule has 0 unspecified atom stereocenters. The van der Waals surface area contributed by atoms with Crippen LogP contribution in [-0.2, 0) is 10.0 Å². The van der Waals surface area contributed by atoms with E-state index in [-0.39, 0.29) is 17.0 Å². The number of carbonyl (C=O) groups excluding carboxylic acids is 1. The fraction of sp³-hybridized carbons (Fsp3) is 0.182. The zero-order valence-corrected chi connectivity index (χ0v) is 18.5. The molecule has 4 aromatic rings. The van der Waals surface area contributed by atoms with Gasteiger partial charge in [-0.15, -0.1) is 0 Å². The number of halogens is 2. The highest BCUT2D eigenvalue weighted by atomic mass is 32.2. The van der Waals surface area contributed by atoms with Gasteiger partial charge in [-0.05, 0) is 37.6 Å². The average Bonchev–Trinajstić information content (AvgIpc) is 3.20. The van der Waals surface area contributed by atoms with Crippen molar-refractivity contribution in [2.24, 2.45) is 0 Å². The molecular weight excluding hydrogens is 452 g/mol. The van der Waals surface area contributed by atoms with Crippen LogP contribution in [0, 0.1) is 18.6 Å². The van der Waals surface area contributed by atoms with E-state index in [4.69, 9.17) is 0 Å². The molecule has 0 aliphatic heterocycles. The van der Waals surface area contributed by atoms with Gasteiger partial charge >= 0.3 is 0 Å². The fourth-order valence-electron chi connectivity index (χ4n) is 3.33. The van der Waals surface area contributed by atoms with Gasteiger partial charge in [-0.1, -0.05) is 6.92 Å². The highest BCUT2D eigenvalue weighted by molar-refractivity contribution is 7.92. The second-order valence-corrected chi connectivity index (χ2v) is 9.25. The topological polar surface area (TPSA) is 107 Å². The van der Waals surface area contributed by atoms with Crippen molar-refractivity contribution < 1.29 is 22.0 Å². The summed E-state index contributed by atoms with van der Waals surface area (Å²) in [5.41, 5.74) is 0.911. The molecular formula is C22H19F2N5O3S. The van der Waals surface area contributed by atoms with Crippen LogP contribution in [-0.4, -0.2) is 39.5 Å². The number of aryl methyl sites for hydroxylation is 1. The van der Waals surface area contributed by atoms with Crippen molar-refractivity contribution >= 4 is 32.5 Å². The third kappa shape index (κ3) is 4.58. The molecule has 0 amide bonds. The van der Waals surface area contributed by atoms with Gasteiger partial charge in [-0.2, -0.15) is 0 Å². The highest BCUT2D eigenvalue weighted by Gasteiger charge is 2.21. The fourth-order valence-corrected chi connectivity index (χ4v) is 4.44. The van der Waals surface area contributed by atoms with E-state index in [1.54, 1.807) is 36.3 Å². The summed E-state index contributed by atoms with van der Waals surface area (Å²) in [7, 11) is -3.76. The second kappa shape index (κ2) is 8.66. The molecule has 0 bridgehead atoms. The molecule has 0 aliphatic rings. The lowest BCUT2D eigenvalue weighted by molar-refractivity contribution is 0.103. The number of anilines is 1. The molecule has 0 radical (unpaired) electrons. The van der Waals surface area contributed by atoms with E-state index in [0.29, 0.717) is 29.3 Å². The zero-order chi connectivity index (χ0) is 23.8. The number of nitrogens with zero attached hydrogens (tertiary/aromatic N) is 4. The number of fused-ring (bicyclic) bond motifs is 1. The summed E-state index contributed by atoms with van der Waals surface area (Å²) in [4.78, 5) is 25.9. The van der Waals surface area contributed by atoms with Crippen LogP contribution >= 0.6 is 0 Å². The smallest absolute Gasteiger partial charge is 0.232 e. The lowest BCUT2D eigenvalue weighted by atomic mass is 10.0. The van der Waals surface area contributed by atoms with Crippen LogP contribution in [0.25, 0.3) is 16.9 Å². The van der Waals surface area contributed by atoms with Crippen molar-refractivity contribution in [3.63, 3.8) is 0 Å². The van der Waals surface area contributed by atoms with E-state index in [1.165, 1.54) is 12.1 Å². The van der Waals surface area contributed by atoms with E-state index in [0.717, 1.165) is 11.8 Å². The Morgan fingerprint density at radius 3 is 2.61 bits per heavy atom. The number of benzene rings is 2. The molecule has 0 saturated heterocycles. The summed E-state index contributed by atoms with van der Waals surface area (Å²) in [5, 5.41) is 0. The van der Waals surface area contributed by atoms with Gasteiger partial charge in [0.25, 0.3) is 0 Å². The Kier molecular flexibility index (Phi) is 5.90. The number of hydrogen-bond donors (Lipinski definition) is 1. The Hall–Kier alpha value is -3.73. The lowest BCUT2D eigenvalue weighted by Gasteiger charge is -2.11. The van der Waals surface area contributed by atoms with Crippen LogP contribution in [0.2, 0.25) is 0 Å². The Morgan fingerprint density at radius 2 is 1.91 bits per heavy atom. The number of sulfonamides is 1. The van der Waals surface area contributed by atoms with Crippen LogP contribution in [0.15, 0.2) is 49.1 Å². The van der Waals surface area contributed by atoms with Crippen LogP contribution in [0.4, 0.5) is 14.5 Å². The van der Waals surface area contributed by atoms with Crippen LogP contribution in [0.3, 0.4) is 0 Å². The summed E-state index contributed by atoms with van der Waals surface area (Å²) in [6.07, 6.45) is 5.12. The molecule has 0 spiro atoms. The van der Waals surface area contributed by atoms with Gasteiger partial charge in [0.05, 0.1) is 34.2 Å². The minimum Gasteiger partial charge on any atom is -0.288 e. The summed E-state index contributed by atoms with van der Waals surface area (Å²) >= 11 is 0. The quantitative estimate of drug-likeness (QED) is 0.411. The normalized spacial score (nSPS) is 11.6. The predicted molar refractivity (Wildman–Crippen MR) is 119 cm³/mol. The maximum atomic E-state index is 14.5. The Labute approximate surface area is 188 Å². The first-order chi connectivity index (χ1) is 15.7. The van der Waals surface area contributed by atoms with Crippen LogP contribution in [0.1, 0.15) is 35.0 Å². The minimum absolute atomic E-state index is 0.0446. The molecule has 4 rings (SSSR count). The standard InChI is InChI=1S/C22H19F2N5O3S/c1-3-6-33(31,32)28-15-8-16(21(24)17(23)9-15)22(30)14-4-5-18-19(7-14)27-20(11-26-18)29-12-25-10-13(29)2/h4-5,7-12,28H,3,6H2,1-2H3. The molecule has 2 heterocycles. The lowest BCUT2D eigenvalue weighted by Crippen LogP contribution is -2.17. The molecule has 0 fully saturated rings. The van der Waals surface area contributed by atoms with Gasteiger partial charge in [-0.3, -0.25) is 19.1 Å². The van der Waals surface area contributed by atoms with E-state index in [1.807, 2.05) is 6.92 Å². The van der Waals surface area contributed by atoms with Crippen molar-refractivity contribution in [2.75, 3.05) is 10.5 Å².